The quantitative estimate of drug-likeness (QED) is 0.598. The van der Waals surface area contributed by atoms with Gasteiger partial charge in [-0.1, -0.05) is 6.42 Å². The van der Waals surface area contributed by atoms with Crippen molar-refractivity contribution in [2.75, 3.05) is 0 Å². The van der Waals surface area contributed by atoms with E-state index in [0.717, 1.165) is 19.3 Å². The van der Waals surface area contributed by atoms with Crippen molar-refractivity contribution in [1.82, 2.24) is 0 Å². The number of ether oxygens (including phenoxy) is 2. The predicted octanol–water partition coefficient (Wildman–Crippen LogP) is 0.0453. The average Bonchev–Trinajstić information content (AvgIpc) is 2.56. The van der Waals surface area contributed by atoms with Gasteiger partial charge in [-0.05, 0) is 12.8 Å². The number of rotatable bonds is 2. The molecule has 12 heavy (non-hydrogen) atoms. The van der Waals surface area contributed by atoms with E-state index in [1.54, 1.807) is 0 Å². The smallest absolute Gasteiger partial charge is 0.293 e. The fourth-order valence-electron chi connectivity index (χ4n) is 2.20. The molecule has 1 saturated carbocycles. The number of carbonyl (C=O) groups excluding carboxylic acids is 1. The molecule has 0 amide bonds. The van der Waals surface area contributed by atoms with Crippen molar-refractivity contribution in [3.8, 4) is 0 Å². The van der Waals surface area contributed by atoms with Crippen LogP contribution in [0.2, 0.25) is 0 Å². The van der Waals surface area contributed by atoms with Gasteiger partial charge in [-0.25, -0.2) is 0 Å². The minimum Gasteiger partial charge on any atom is -0.459 e. The number of carbonyl (C=O) groups is 1. The summed E-state index contributed by atoms with van der Waals surface area (Å²) in [4.78, 5) is 10.1. The third-order valence-electron chi connectivity index (χ3n) is 2.73. The van der Waals surface area contributed by atoms with Crippen molar-refractivity contribution in [3.63, 3.8) is 0 Å². The van der Waals surface area contributed by atoms with Crippen molar-refractivity contribution in [2.45, 2.75) is 37.8 Å². The molecule has 0 radical (unpaired) electrons. The summed E-state index contributed by atoms with van der Waals surface area (Å²) in [6.45, 7) is 0.387. The lowest BCUT2D eigenvalue weighted by atomic mass is 10.0. The van der Waals surface area contributed by atoms with Gasteiger partial charge in [-0.15, -0.1) is 0 Å². The summed E-state index contributed by atoms with van der Waals surface area (Å²) in [5.74, 6) is 0.213. The third-order valence-corrected chi connectivity index (χ3v) is 2.73. The van der Waals surface area contributed by atoms with Crippen LogP contribution in [0.3, 0.4) is 0 Å². The molecule has 4 unspecified atom stereocenters. The van der Waals surface area contributed by atoms with Gasteiger partial charge in [-0.3, -0.25) is 4.79 Å². The van der Waals surface area contributed by atoms with E-state index in [9.17, 15) is 9.90 Å². The predicted molar refractivity (Wildman–Crippen MR) is 39.2 cm³/mol. The topological polar surface area (TPSA) is 55.8 Å². The Balaban J connectivity index is 2.05. The highest BCUT2D eigenvalue weighted by atomic mass is 16.7. The summed E-state index contributed by atoms with van der Waals surface area (Å²) >= 11 is 0. The molecule has 1 saturated heterocycles. The molecule has 1 aliphatic heterocycles. The zero-order chi connectivity index (χ0) is 8.55. The lowest BCUT2D eigenvalue weighted by molar-refractivity contribution is -0.159. The SMILES string of the molecule is O=COC1C(O)OC2CCCC21. The Morgan fingerprint density at radius 3 is 3.08 bits per heavy atom. The second-order valence-corrected chi connectivity index (χ2v) is 3.36. The molecule has 0 aromatic carbocycles. The van der Waals surface area contributed by atoms with Gasteiger partial charge in [0.2, 0.25) is 0 Å². The second kappa shape index (κ2) is 3.03. The van der Waals surface area contributed by atoms with E-state index in [1.807, 2.05) is 0 Å². The normalized spacial score (nSPS) is 45.8. The molecule has 4 nitrogen and oxygen atoms in total. The molecular formula is C8H12O4. The van der Waals surface area contributed by atoms with Crippen LogP contribution in [-0.2, 0) is 14.3 Å². The Hall–Kier alpha value is -0.610. The number of aliphatic hydroxyl groups excluding tert-OH is 1. The van der Waals surface area contributed by atoms with Crippen LogP contribution >= 0.6 is 0 Å². The Kier molecular flexibility index (Phi) is 2.02. The van der Waals surface area contributed by atoms with Gasteiger partial charge in [0.05, 0.1) is 6.10 Å². The first-order valence-electron chi connectivity index (χ1n) is 4.25. The molecule has 1 heterocycles. The van der Waals surface area contributed by atoms with Crippen LogP contribution in [0.25, 0.3) is 0 Å². The average molecular weight is 172 g/mol. The highest BCUT2D eigenvalue weighted by Gasteiger charge is 2.47. The minimum absolute atomic E-state index is 0.102. The Labute approximate surface area is 70.5 Å². The third kappa shape index (κ3) is 1.11. The molecule has 4 heteroatoms. The first kappa shape index (κ1) is 8.01. The fraction of sp³-hybridized carbons (Fsp3) is 0.875. The van der Waals surface area contributed by atoms with Crippen LogP contribution in [0.5, 0.6) is 0 Å². The van der Waals surface area contributed by atoms with Crippen LogP contribution in [0, 0.1) is 5.92 Å². The van der Waals surface area contributed by atoms with Gasteiger partial charge >= 0.3 is 0 Å². The summed E-state index contributed by atoms with van der Waals surface area (Å²) < 4.78 is 10.00. The van der Waals surface area contributed by atoms with Crippen LogP contribution in [-0.4, -0.2) is 30.1 Å². The molecule has 0 aromatic rings. The summed E-state index contributed by atoms with van der Waals surface area (Å²) in [5, 5.41) is 9.32. The maximum atomic E-state index is 10.1. The zero-order valence-electron chi connectivity index (χ0n) is 6.68. The molecule has 0 aromatic heterocycles. The van der Waals surface area contributed by atoms with E-state index in [4.69, 9.17) is 9.47 Å². The van der Waals surface area contributed by atoms with Crippen molar-refractivity contribution < 1.29 is 19.4 Å². The molecule has 68 valence electrons. The van der Waals surface area contributed by atoms with Gasteiger partial charge in [0.25, 0.3) is 6.47 Å². The van der Waals surface area contributed by atoms with Crippen LogP contribution < -0.4 is 0 Å². The molecule has 0 spiro atoms. The number of aliphatic hydroxyl groups is 1. The molecule has 0 bridgehead atoms. The summed E-state index contributed by atoms with van der Waals surface area (Å²) in [6.07, 6.45) is 1.81. The maximum Gasteiger partial charge on any atom is 0.293 e. The highest BCUT2D eigenvalue weighted by molar-refractivity contribution is 5.37. The molecule has 4 atom stereocenters. The fourth-order valence-corrected chi connectivity index (χ4v) is 2.20. The van der Waals surface area contributed by atoms with Crippen LogP contribution in [0.15, 0.2) is 0 Å². The number of hydrogen-bond acceptors (Lipinski definition) is 4. The lowest BCUT2D eigenvalue weighted by Crippen LogP contribution is -2.28. The van der Waals surface area contributed by atoms with Crippen molar-refractivity contribution in [3.05, 3.63) is 0 Å². The van der Waals surface area contributed by atoms with Gasteiger partial charge in [-0.2, -0.15) is 0 Å². The van der Waals surface area contributed by atoms with Gasteiger partial charge in [0, 0.05) is 5.92 Å². The lowest BCUT2D eigenvalue weighted by Gasteiger charge is -2.15. The van der Waals surface area contributed by atoms with Gasteiger partial charge in [0.15, 0.2) is 12.4 Å². The molecule has 2 aliphatic rings. The van der Waals surface area contributed by atoms with Crippen molar-refractivity contribution in [1.29, 1.82) is 0 Å². The van der Waals surface area contributed by atoms with E-state index in [2.05, 4.69) is 0 Å². The largest absolute Gasteiger partial charge is 0.459 e. The maximum absolute atomic E-state index is 10.1. The molecule has 1 aliphatic carbocycles. The van der Waals surface area contributed by atoms with Crippen molar-refractivity contribution in [2.24, 2.45) is 5.92 Å². The summed E-state index contributed by atoms with van der Waals surface area (Å²) in [5.41, 5.74) is 0. The minimum atomic E-state index is -0.912. The van der Waals surface area contributed by atoms with E-state index >= 15 is 0 Å². The number of fused-ring (bicyclic) bond motifs is 1. The van der Waals surface area contributed by atoms with Gasteiger partial charge in [0.1, 0.15) is 0 Å². The van der Waals surface area contributed by atoms with E-state index in [1.165, 1.54) is 0 Å². The Morgan fingerprint density at radius 1 is 1.50 bits per heavy atom. The second-order valence-electron chi connectivity index (χ2n) is 3.36. The highest BCUT2D eigenvalue weighted by Crippen LogP contribution is 2.39. The van der Waals surface area contributed by atoms with Crippen LogP contribution in [0.4, 0.5) is 0 Å². The first-order chi connectivity index (χ1) is 5.83. The molecule has 1 N–H and O–H groups in total. The van der Waals surface area contributed by atoms with E-state index in [-0.39, 0.29) is 12.0 Å². The molecule has 2 rings (SSSR count). The molecule has 2 fully saturated rings. The molecular weight excluding hydrogens is 160 g/mol. The number of hydrogen-bond donors (Lipinski definition) is 1. The zero-order valence-corrected chi connectivity index (χ0v) is 6.68. The Bertz CT molecular complexity index is 182. The standard InChI is InChI=1S/C8H12O4/c9-4-11-7-5-2-1-3-6(5)12-8(7)10/h4-8,10H,1-3H2. The monoisotopic (exact) mass is 172 g/mol. The first-order valence-corrected chi connectivity index (χ1v) is 4.25. The van der Waals surface area contributed by atoms with Crippen LogP contribution in [0.1, 0.15) is 19.3 Å². The van der Waals surface area contributed by atoms with E-state index in [0.29, 0.717) is 6.47 Å². The van der Waals surface area contributed by atoms with Gasteiger partial charge < -0.3 is 14.6 Å². The summed E-state index contributed by atoms with van der Waals surface area (Å²) in [6, 6.07) is 0. The van der Waals surface area contributed by atoms with Crippen molar-refractivity contribution >= 4 is 6.47 Å². The Morgan fingerprint density at radius 2 is 2.33 bits per heavy atom. The summed E-state index contributed by atoms with van der Waals surface area (Å²) in [7, 11) is 0. The van der Waals surface area contributed by atoms with E-state index < -0.39 is 12.4 Å².